The number of nitrogens with zero attached hydrogens (tertiary/aromatic N) is 4. The number of benzene rings is 2. The highest BCUT2D eigenvalue weighted by Crippen LogP contribution is 2.32. The van der Waals surface area contributed by atoms with Crippen LogP contribution in [0.2, 0.25) is 5.02 Å². The van der Waals surface area contributed by atoms with E-state index in [0.717, 1.165) is 11.9 Å². The molecule has 2 heterocycles. The number of rotatable bonds is 4. The number of anilines is 1. The Labute approximate surface area is 172 Å². The number of sulfone groups is 1. The summed E-state index contributed by atoms with van der Waals surface area (Å²) in [7, 11) is -3.28. The van der Waals surface area contributed by atoms with Crippen LogP contribution >= 0.6 is 11.6 Å². The molecular formula is C20H17ClN4O3S. The lowest BCUT2D eigenvalue weighted by Crippen LogP contribution is -2.27. The van der Waals surface area contributed by atoms with Crippen LogP contribution in [0.3, 0.4) is 0 Å². The minimum absolute atomic E-state index is 0.198. The highest BCUT2D eigenvalue weighted by molar-refractivity contribution is 7.90. The van der Waals surface area contributed by atoms with Crippen molar-refractivity contribution in [1.29, 1.82) is 0 Å². The average Bonchev–Trinajstić information content (AvgIpc) is 3.17. The van der Waals surface area contributed by atoms with E-state index < -0.39 is 9.84 Å². The summed E-state index contributed by atoms with van der Waals surface area (Å²) in [6, 6.07) is 14.7. The van der Waals surface area contributed by atoms with Crippen LogP contribution in [0.1, 0.15) is 18.2 Å². The highest BCUT2D eigenvalue weighted by Gasteiger charge is 2.28. The molecule has 7 nitrogen and oxygen atoms in total. The van der Waals surface area contributed by atoms with Crippen molar-refractivity contribution < 1.29 is 8.42 Å². The maximum Gasteiger partial charge on any atom is 0.205 e. The van der Waals surface area contributed by atoms with E-state index in [1.807, 2.05) is 12.1 Å². The van der Waals surface area contributed by atoms with Gasteiger partial charge in [-0.25, -0.2) is 13.1 Å². The normalized spacial score (nSPS) is 16.3. The molecule has 0 amide bonds. The second-order valence-corrected chi connectivity index (χ2v) is 9.10. The fourth-order valence-corrected chi connectivity index (χ4v) is 3.97. The Morgan fingerprint density at radius 3 is 2.52 bits per heavy atom. The largest absolute Gasteiger partial charge is 0.288 e. The maximum atomic E-state index is 12.6. The summed E-state index contributed by atoms with van der Waals surface area (Å²) in [6.45, 7) is 0. The number of hydrogen-bond acceptors (Lipinski definition) is 6. The van der Waals surface area contributed by atoms with Crippen LogP contribution in [0.5, 0.6) is 0 Å². The molecule has 0 N–H and O–H groups in total. The van der Waals surface area contributed by atoms with Gasteiger partial charge in [0.05, 0.1) is 16.3 Å². The average molecular weight is 429 g/mol. The molecule has 9 heteroatoms. The maximum absolute atomic E-state index is 12.6. The van der Waals surface area contributed by atoms with E-state index in [2.05, 4.69) is 10.2 Å². The van der Waals surface area contributed by atoms with Crippen molar-refractivity contribution in [2.45, 2.75) is 17.4 Å². The van der Waals surface area contributed by atoms with Gasteiger partial charge in [-0.15, -0.1) is 0 Å². The molecule has 1 unspecified atom stereocenters. The van der Waals surface area contributed by atoms with E-state index in [4.69, 9.17) is 11.6 Å². The van der Waals surface area contributed by atoms with Gasteiger partial charge in [-0.1, -0.05) is 17.7 Å². The monoisotopic (exact) mass is 428 g/mol. The molecule has 0 aliphatic carbocycles. The molecule has 1 aliphatic heterocycles. The Morgan fingerprint density at radius 2 is 1.83 bits per heavy atom. The number of halogens is 1. The van der Waals surface area contributed by atoms with E-state index in [-0.39, 0.29) is 16.4 Å². The van der Waals surface area contributed by atoms with Gasteiger partial charge >= 0.3 is 0 Å². The van der Waals surface area contributed by atoms with Gasteiger partial charge in [-0.3, -0.25) is 9.80 Å². The molecule has 0 radical (unpaired) electrons. The zero-order valence-corrected chi connectivity index (χ0v) is 17.0. The first-order chi connectivity index (χ1) is 13.8. The fourth-order valence-electron chi connectivity index (χ4n) is 3.15. The van der Waals surface area contributed by atoms with Crippen LogP contribution < -0.4 is 10.4 Å². The third-order valence-electron chi connectivity index (χ3n) is 4.58. The zero-order valence-electron chi connectivity index (χ0n) is 15.4. The molecular weight excluding hydrogens is 412 g/mol. The second kappa shape index (κ2) is 7.46. The van der Waals surface area contributed by atoms with Crippen molar-refractivity contribution in [3.8, 4) is 5.69 Å². The molecule has 0 bridgehead atoms. The van der Waals surface area contributed by atoms with Crippen LogP contribution in [0.4, 0.5) is 5.69 Å². The standard InChI is InChI=1S/C20H17ClN4O3S/c1-29(27,28)17-7-5-15(6-8-17)24-12-10-19(26)20(23-24)18-9-11-22-25(18)16-4-2-3-14(21)13-16/h2-8,10-13,18H,9H2,1H3. The van der Waals surface area contributed by atoms with Gasteiger partial charge in [0.15, 0.2) is 9.84 Å². The second-order valence-electron chi connectivity index (χ2n) is 6.65. The third kappa shape index (κ3) is 3.94. The van der Waals surface area contributed by atoms with Gasteiger partial charge in [0, 0.05) is 36.2 Å². The van der Waals surface area contributed by atoms with Crippen LogP contribution in [0, 0.1) is 0 Å². The van der Waals surface area contributed by atoms with Gasteiger partial charge in [0.25, 0.3) is 0 Å². The number of aromatic nitrogens is 2. The minimum Gasteiger partial charge on any atom is -0.288 e. The molecule has 2 aromatic carbocycles. The van der Waals surface area contributed by atoms with E-state index in [0.29, 0.717) is 22.8 Å². The molecule has 148 valence electrons. The molecule has 0 saturated carbocycles. The van der Waals surface area contributed by atoms with Gasteiger partial charge in [0.1, 0.15) is 11.7 Å². The summed E-state index contributed by atoms with van der Waals surface area (Å²) in [5.74, 6) is 0. The van der Waals surface area contributed by atoms with Crippen LogP contribution in [0.15, 0.2) is 75.6 Å². The van der Waals surface area contributed by atoms with Crippen LogP contribution in [0.25, 0.3) is 5.69 Å². The van der Waals surface area contributed by atoms with Crippen molar-refractivity contribution >= 4 is 33.3 Å². The van der Waals surface area contributed by atoms with Crippen LogP contribution in [-0.4, -0.2) is 30.7 Å². The first-order valence-corrected chi connectivity index (χ1v) is 11.1. The fraction of sp³-hybridized carbons (Fsp3) is 0.150. The molecule has 1 atom stereocenters. The quantitative estimate of drug-likeness (QED) is 0.637. The Morgan fingerprint density at radius 1 is 1.07 bits per heavy atom. The van der Waals surface area contributed by atoms with Gasteiger partial charge < -0.3 is 0 Å². The Hall–Kier alpha value is -2.97. The molecule has 1 aromatic heterocycles. The molecule has 3 aromatic rings. The highest BCUT2D eigenvalue weighted by atomic mass is 35.5. The zero-order chi connectivity index (χ0) is 20.6. The molecule has 0 fully saturated rings. The molecule has 4 rings (SSSR count). The summed E-state index contributed by atoms with van der Waals surface area (Å²) >= 11 is 6.10. The van der Waals surface area contributed by atoms with Crippen molar-refractivity contribution in [3.63, 3.8) is 0 Å². The van der Waals surface area contributed by atoms with Crippen LogP contribution in [-0.2, 0) is 9.84 Å². The predicted molar refractivity (Wildman–Crippen MR) is 113 cm³/mol. The Balaban J connectivity index is 1.71. The van der Waals surface area contributed by atoms with Crippen molar-refractivity contribution in [1.82, 2.24) is 9.78 Å². The van der Waals surface area contributed by atoms with E-state index >= 15 is 0 Å². The molecule has 0 saturated heterocycles. The topological polar surface area (TPSA) is 84.6 Å². The van der Waals surface area contributed by atoms with Gasteiger partial charge in [-0.2, -0.15) is 10.2 Å². The molecule has 29 heavy (non-hydrogen) atoms. The SMILES string of the molecule is CS(=O)(=O)c1ccc(-n2ccc(=O)c(C3CC=NN3c3cccc(Cl)c3)n2)cc1. The van der Waals surface area contributed by atoms with E-state index in [1.165, 1.54) is 18.2 Å². The third-order valence-corrected chi connectivity index (χ3v) is 5.95. The van der Waals surface area contributed by atoms with Gasteiger partial charge in [0.2, 0.25) is 5.43 Å². The van der Waals surface area contributed by atoms with Gasteiger partial charge in [-0.05, 0) is 42.5 Å². The lowest BCUT2D eigenvalue weighted by atomic mass is 10.1. The Kier molecular flexibility index (Phi) is 4.97. The van der Waals surface area contributed by atoms with Crippen molar-refractivity contribution in [2.75, 3.05) is 11.3 Å². The first-order valence-electron chi connectivity index (χ1n) is 8.80. The number of hydrazone groups is 1. The predicted octanol–water partition coefficient (Wildman–Crippen LogP) is 3.23. The minimum atomic E-state index is -3.28. The van der Waals surface area contributed by atoms with Crippen molar-refractivity contribution in [2.24, 2.45) is 5.10 Å². The smallest absolute Gasteiger partial charge is 0.205 e. The number of hydrogen-bond donors (Lipinski definition) is 0. The van der Waals surface area contributed by atoms with E-state index in [1.54, 1.807) is 46.4 Å². The van der Waals surface area contributed by atoms with Crippen molar-refractivity contribution in [3.05, 3.63) is 81.7 Å². The Bertz CT molecular complexity index is 1250. The summed E-state index contributed by atoms with van der Waals surface area (Å²) in [5, 5.41) is 11.2. The lowest BCUT2D eigenvalue weighted by Gasteiger charge is -2.23. The molecule has 0 spiro atoms. The summed E-state index contributed by atoms with van der Waals surface area (Å²) in [6.07, 6.45) is 4.99. The molecule has 1 aliphatic rings. The summed E-state index contributed by atoms with van der Waals surface area (Å²) < 4.78 is 24.9. The van der Waals surface area contributed by atoms with E-state index in [9.17, 15) is 13.2 Å². The lowest BCUT2D eigenvalue weighted by molar-refractivity contribution is 0.602. The first kappa shape index (κ1) is 19.4. The summed E-state index contributed by atoms with van der Waals surface area (Å²) in [5.41, 5.74) is 1.56. The summed E-state index contributed by atoms with van der Waals surface area (Å²) in [4.78, 5) is 12.8.